The van der Waals surface area contributed by atoms with Crippen LogP contribution in [0.4, 0.5) is 0 Å². The molecule has 1 heterocycles. The lowest BCUT2D eigenvalue weighted by Crippen LogP contribution is -2.63. The van der Waals surface area contributed by atoms with E-state index in [1.165, 1.54) is 25.9 Å². The molecule has 1 saturated heterocycles. The Balaban J connectivity index is 2.75. The molecular weight excluding hydrogens is 232 g/mol. The molecule has 0 aromatic heterocycles. The van der Waals surface area contributed by atoms with E-state index in [1.54, 1.807) is 0 Å². The quantitative estimate of drug-likeness (QED) is 0.789. The van der Waals surface area contributed by atoms with E-state index in [2.05, 4.69) is 58.7 Å². The second-order valence-electron chi connectivity index (χ2n) is 7.44. The Morgan fingerprint density at radius 3 is 2.16 bits per heavy atom. The van der Waals surface area contributed by atoms with E-state index in [9.17, 15) is 0 Å². The van der Waals surface area contributed by atoms with Crippen LogP contribution >= 0.6 is 0 Å². The normalized spacial score (nSPS) is 29.7. The average molecular weight is 268 g/mol. The first kappa shape index (κ1) is 17.0. The fraction of sp³-hybridized carbons (Fsp3) is 1.00. The molecule has 1 fully saturated rings. The molecule has 1 aliphatic rings. The van der Waals surface area contributed by atoms with Crippen LogP contribution in [-0.2, 0) is 0 Å². The third kappa shape index (κ3) is 4.46. The summed E-state index contributed by atoms with van der Waals surface area (Å²) in [6.45, 7) is 20.2. The van der Waals surface area contributed by atoms with Gasteiger partial charge in [0.15, 0.2) is 0 Å². The summed E-state index contributed by atoms with van der Waals surface area (Å²) in [6.07, 6.45) is 2.48. The minimum Gasteiger partial charge on any atom is -0.309 e. The molecule has 0 aliphatic carbocycles. The van der Waals surface area contributed by atoms with Gasteiger partial charge in [-0.05, 0) is 37.5 Å². The summed E-state index contributed by atoms with van der Waals surface area (Å²) >= 11 is 0. The minimum absolute atomic E-state index is 0.310. The number of rotatable bonds is 6. The number of nitrogens with zero attached hydrogens (tertiary/aromatic N) is 1. The predicted molar refractivity (Wildman–Crippen MR) is 85.5 cm³/mol. The van der Waals surface area contributed by atoms with Crippen LogP contribution in [0.1, 0.15) is 61.3 Å². The van der Waals surface area contributed by atoms with E-state index >= 15 is 0 Å². The Bertz CT molecular complexity index is 254. The van der Waals surface area contributed by atoms with Gasteiger partial charge < -0.3 is 5.32 Å². The monoisotopic (exact) mass is 268 g/mol. The standard InChI is InChI=1S/C17H36N2/c1-8-15-10-18-17(7,9-2)12-19(15)11-16(13(3)4)14(5)6/h13-16,18H,8-12H2,1-7H3. The Labute approximate surface area is 121 Å². The van der Waals surface area contributed by atoms with E-state index in [1.807, 2.05) is 0 Å². The fourth-order valence-corrected chi connectivity index (χ4v) is 3.44. The molecule has 0 radical (unpaired) electrons. The first-order valence-electron chi connectivity index (χ1n) is 8.32. The molecule has 0 aromatic carbocycles. The molecule has 2 nitrogen and oxygen atoms in total. The van der Waals surface area contributed by atoms with Crippen molar-refractivity contribution in [2.45, 2.75) is 72.9 Å². The van der Waals surface area contributed by atoms with Crippen molar-refractivity contribution < 1.29 is 0 Å². The van der Waals surface area contributed by atoms with Gasteiger partial charge in [0.05, 0.1) is 0 Å². The molecule has 0 amide bonds. The summed E-state index contributed by atoms with van der Waals surface area (Å²) < 4.78 is 0. The summed E-state index contributed by atoms with van der Waals surface area (Å²) in [7, 11) is 0. The minimum atomic E-state index is 0.310. The van der Waals surface area contributed by atoms with Crippen LogP contribution in [0.5, 0.6) is 0 Å². The van der Waals surface area contributed by atoms with Crippen molar-refractivity contribution in [3.05, 3.63) is 0 Å². The number of piperazine rings is 1. The van der Waals surface area contributed by atoms with E-state index in [0.29, 0.717) is 5.54 Å². The van der Waals surface area contributed by atoms with Crippen molar-refractivity contribution in [3.63, 3.8) is 0 Å². The van der Waals surface area contributed by atoms with Gasteiger partial charge in [-0.15, -0.1) is 0 Å². The summed E-state index contributed by atoms with van der Waals surface area (Å²) in [5.74, 6) is 2.37. The van der Waals surface area contributed by atoms with Gasteiger partial charge in [0.25, 0.3) is 0 Å². The molecule has 114 valence electrons. The van der Waals surface area contributed by atoms with Gasteiger partial charge in [0.2, 0.25) is 0 Å². The lowest BCUT2D eigenvalue weighted by molar-refractivity contribution is 0.0501. The number of hydrogen-bond acceptors (Lipinski definition) is 2. The number of nitrogens with one attached hydrogen (secondary N) is 1. The van der Waals surface area contributed by atoms with E-state index in [4.69, 9.17) is 0 Å². The summed E-state index contributed by atoms with van der Waals surface area (Å²) in [4.78, 5) is 2.77. The maximum atomic E-state index is 3.77. The third-order valence-corrected chi connectivity index (χ3v) is 5.24. The predicted octanol–water partition coefficient (Wildman–Crippen LogP) is 3.77. The van der Waals surface area contributed by atoms with Crippen LogP contribution in [0.25, 0.3) is 0 Å². The third-order valence-electron chi connectivity index (χ3n) is 5.24. The zero-order valence-electron chi connectivity index (χ0n) is 14.3. The van der Waals surface area contributed by atoms with E-state index in [0.717, 1.165) is 30.3 Å². The second kappa shape index (κ2) is 7.08. The first-order valence-corrected chi connectivity index (χ1v) is 8.32. The Kier molecular flexibility index (Phi) is 6.32. The lowest BCUT2D eigenvalue weighted by Gasteiger charge is -2.47. The summed E-state index contributed by atoms with van der Waals surface area (Å²) in [6, 6.07) is 0.722. The molecule has 0 aromatic rings. The van der Waals surface area contributed by atoms with Gasteiger partial charge in [0, 0.05) is 31.2 Å². The van der Waals surface area contributed by atoms with Crippen molar-refractivity contribution in [1.29, 1.82) is 0 Å². The Morgan fingerprint density at radius 1 is 1.16 bits per heavy atom. The smallest absolute Gasteiger partial charge is 0.0278 e. The van der Waals surface area contributed by atoms with Crippen molar-refractivity contribution in [3.8, 4) is 0 Å². The number of hydrogen-bond donors (Lipinski definition) is 1. The highest BCUT2D eigenvalue weighted by Gasteiger charge is 2.35. The van der Waals surface area contributed by atoms with Crippen LogP contribution in [-0.4, -0.2) is 36.1 Å². The van der Waals surface area contributed by atoms with Gasteiger partial charge in [-0.3, -0.25) is 4.90 Å². The highest BCUT2D eigenvalue weighted by atomic mass is 15.2. The molecule has 2 atom stereocenters. The van der Waals surface area contributed by atoms with Crippen LogP contribution in [0.2, 0.25) is 0 Å². The molecule has 19 heavy (non-hydrogen) atoms. The summed E-state index contributed by atoms with van der Waals surface area (Å²) in [5, 5.41) is 3.77. The topological polar surface area (TPSA) is 15.3 Å². The fourth-order valence-electron chi connectivity index (χ4n) is 3.44. The van der Waals surface area contributed by atoms with Gasteiger partial charge in [-0.1, -0.05) is 41.5 Å². The van der Waals surface area contributed by atoms with Crippen LogP contribution in [0.3, 0.4) is 0 Å². The molecule has 1 N–H and O–H groups in total. The van der Waals surface area contributed by atoms with Gasteiger partial charge in [-0.25, -0.2) is 0 Å². The zero-order chi connectivity index (χ0) is 14.6. The van der Waals surface area contributed by atoms with Gasteiger partial charge >= 0.3 is 0 Å². The van der Waals surface area contributed by atoms with Crippen molar-refractivity contribution in [2.75, 3.05) is 19.6 Å². The van der Waals surface area contributed by atoms with E-state index in [-0.39, 0.29) is 0 Å². The van der Waals surface area contributed by atoms with Crippen LogP contribution in [0.15, 0.2) is 0 Å². The van der Waals surface area contributed by atoms with E-state index < -0.39 is 0 Å². The molecule has 0 bridgehead atoms. The molecular formula is C17H36N2. The van der Waals surface area contributed by atoms with Crippen molar-refractivity contribution >= 4 is 0 Å². The highest BCUT2D eigenvalue weighted by molar-refractivity contribution is 4.94. The molecule has 0 saturated carbocycles. The average Bonchev–Trinajstić information content (AvgIpc) is 2.35. The zero-order valence-corrected chi connectivity index (χ0v) is 14.3. The maximum Gasteiger partial charge on any atom is 0.0278 e. The largest absolute Gasteiger partial charge is 0.309 e. The van der Waals surface area contributed by atoms with Gasteiger partial charge in [0.1, 0.15) is 0 Å². The molecule has 0 spiro atoms. The lowest BCUT2D eigenvalue weighted by atomic mass is 9.83. The van der Waals surface area contributed by atoms with Gasteiger partial charge in [-0.2, -0.15) is 0 Å². The second-order valence-corrected chi connectivity index (χ2v) is 7.44. The molecule has 2 heteroatoms. The Morgan fingerprint density at radius 2 is 1.74 bits per heavy atom. The van der Waals surface area contributed by atoms with Crippen molar-refractivity contribution in [2.24, 2.45) is 17.8 Å². The SMILES string of the molecule is CCC1CNC(C)(CC)CN1CC(C(C)C)C(C)C. The summed E-state index contributed by atoms with van der Waals surface area (Å²) in [5.41, 5.74) is 0.310. The molecule has 1 rings (SSSR count). The first-order chi connectivity index (χ1) is 8.83. The highest BCUT2D eigenvalue weighted by Crippen LogP contribution is 2.27. The molecule has 2 unspecified atom stereocenters. The molecule has 1 aliphatic heterocycles. The van der Waals surface area contributed by atoms with Crippen LogP contribution in [0, 0.1) is 17.8 Å². The Hall–Kier alpha value is -0.0800. The maximum absolute atomic E-state index is 3.77. The van der Waals surface area contributed by atoms with Crippen molar-refractivity contribution in [1.82, 2.24) is 10.2 Å². The van der Waals surface area contributed by atoms with Crippen LogP contribution < -0.4 is 5.32 Å².